The summed E-state index contributed by atoms with van der Waals surface area (Å²) in [5, 5.41) is 2.67. The molecule has 5 heteroatoms. The molecule has 0 radical (unpaired) electrons. The Labute approximate surface area is 124 Å². The van der Waals surface area contributed by atoms with Crippen molar-refractivity contribution in [3.63, 3.8) is 0 Å². The minimum atomic E-state index is -0.559. The number of nitrogens with two attached hydrogens (primary N) is 1. The second-order valence-corrected chi connectivity index (χ2v) is 5.01. The fraction of sp³-hybridized carbons (Fsp3) is 0.250. The molecule has 2 aromatic rings. The van der Waals surface area contributed by atoms with Crippen molar-refractivity contribution in [2.75, 3.05) is 5.32 Å². The molecule has 0 fully saturated rings. The molecule has 1 unspecified atom stereocenters. The lowest BCUT2D eigenvalue weighted by Gasteiger charge is -2.09. The van der Waals surface area contributed by atoms with E-state index < -0.39 is 6.04 Å². The van der Waals surface area contributed by atoms with Crippen molar-refractivity contribution >= 4 is 11.6 Å². The number of nitrogens with zero attached hydrogens (tertiary/aromatic N) is 1. The number of anilines is 1. The molecule has 0 bridgehead atoms. The first kappa shape index (κ1) is 15.0. The van der Waals surface area contributed by atoms with Crippen molar-refractivity contribution < 1.29 is 9.53 Å². The molecule has 1 heterocycles. The molecule has 0 aliphatic carbocycles. The Balaban J connectivity index is 2.05. The van der Waals surface area contributed by atoms with Crippen molar-refractivity contribution in [1.82, 2.24) is 4.98 Å². The number of rotatable bonds is 4. The average molecular weight is 285 g/mol. The van der Waals surface area contributed by atoms with Gasteiger partial charge in [0.2, 0.25) is 11.8 Å². The standard InChI is InChI=1S/C16H19N3O2/c1-10-4-6-14(8-11(10)2)21-15-7-5-13(9-18-15)19-16(20)12(3)17/h4-9,12H,17H2,1-3H3,(H,19,20). The number of carbonyl (C=O) groups is 1. The van der Waals surface area contributed by atoms with Gasteiger partial charge in [0.25, 0.3) is 0 Å². The van der Waals surface area contributed by atoms with Crippen LogP contribution in [0.1, 0.15) is 18.1 Å². The molecule has 21 heavy (non-hydrogen) atoms. The third kappa shape index (κ3) is 4.03. The molecule has 1 aromatic heterocycles. The number of pyridine rings is 1. The van der Waals surface area contributed by atoms with Gasteiger partial charge in [-0.25, -0.2) is 4.98 Å². The second-order valence-electron chi connectivity index (χ2n) is 5.01. The molecule has 3 N–H and O–H groups in total. The Morgan fingerprint density at radius 2 is 2.00 bits per heavy atom. The number of carbonyl (C=O) groups excluding carboxylic acids is 1. The zero-order valence-electron chi connectivity index (χ0n) is 12.4. The first-order valence-electron chi connectivity index (χ1n) is 6.73. The molecular formula is C16H19N3O2. The van der Waals surface area contributed by atoms with E-state index in [1.165, 1.54) is 11.8 Å². The van der Waals surface area contributed by atoms with Gasteiger partial charge in [0.1, 0.15) is 5.75 Å². The van der Waals surface area contributed by atoms with Crippen molar-refractivity contribution in [1.29, 1.82) is 0 Å². The van der Waals surface area contributed by atoms with E-state index in [9.17, 15) is 4.79 Å². The van der Waals surface area contributed by atoms with E-state index in [1.807, 2.05) is 32.0 Å². The van der Waals surface area contributed by atoms with Crippen LogP contribution in [-0.4, -0.2) is 16.9 Å². The Bertz CT molecular complexity index is 636. The van der Waals surface area contributed by atoms with Crippen molar-refractivity contribution in [2.45, 2.75) is 26.8 Å². The maximum absolute atomic E-state index is 11.5. The number of nitrogens with one attached hydrogen (secondary N) is 1. The summed E-state index contributed by atoms with van der Waals surface area (Å²) in [6.45, 7) is 5.70. The number of ether oxygens (including phenoxy) is 1. The molecule has 1 amide bonds. The summed E-state index contributed by atoms with van der Waals surface area (Å²) < 4.78 is 5.67. The van der Waals surface area contributed by atoms with Gasteiger partial charge in [-0.15, -0.1) is 0 Å². The molecule has 0 aliphatic heterocycles. The van der Waals surface area contributed by atoms with E-state index in [-0.39, 0.29) is 5.91 Å². The molecule has 0 saturated heterocycles. The van der Waals surface area contributed by atoms with Crippen molar-refractivity contribution in [2.24, 2.45) is 5.73 Å². The van der Waals surface area contributed by atoms with Gasteiger partial charge in [-0.3, -0.25) is 4.79 Å². The van der Waals surface area contributed by atoms with Crippen LogP contribution in [0.5, 0.6) is 11.6 Å². The molecular weight excluding hydrogens is 266 g/mol. The van der Waals surface area contributed by atoms with E-state index in [0.29, 0.717) is 11.6 Å². The van der Waals surface area contributed by atoms with Gasteiger partial charge in [-0.1, -0.05) is 6.07 Å². The summed E-state index contributed by atoms with van der Waals surface area (Å²) in [6, 6.07) is 8.73. The first-order valence-corrected chi connectivity index (χ1v) is 6.73. The Kier molecular flexibility index (Phi) is 4.55. The highest BCUT2D eigenvalue weighted by Gasteiger charge is 2.08. The van der Waals surface area contributed by atoms with Crippen molar-refractivity contribution in [3.05, 3.63) is 47.7 Å². The van der Waals surface area contributed by atoms with Gasteiger partial charge in [0.15, 0.2) is 0 Å². The van der Waals surface area contributed by atoms with Crippen LogP contribution in [0.2, 0.25) is 0 Å². The lowest BCUT2D eigenvalue weighted by molar-refractivity contribution is -0.117. The van der Waals surface area contributed by atoms with E-state index >= 15 is 0 Å². The summed E-state index contributed by atoms with van der Waals surface area (Å²) in [5.74, 6) is 0.953. The summed E-state index contributed by atoms with van der Waals surface area (Å²) in [5.41, 5.74) is 8.45. The Morgan fingerprint density at radius 3 is 2.57 bits per heavy atom. The molecule has 0 saturated carbocycles. The highest BCUT2D eigenvalue weighted by atomic mass is 16.5. The molecule has 1 atom stereocenters. The highest BCUT2D eigenvalue weighted by Crippen LogP contribution is 2.22. The van der Waals surface area contributed by atoms with Gasteiger partial charge in [-0.05, 0) is 50.1 Å². The Morgan fingerprint density at radius 1 is 1.24 bits per heavy atom. The summed E-state index contributed by atoms with van der Waals surface area (Å²) in [4.78, 5) is 15.6. The quantitative estimate of drug-likeness (QED) is 0.905. The normalized spacial score (nSPS) is 11.8. The maximum atomic E-state index is 11.5. The summed E-state index contributed by atoms with van der Waals surface area (Å²) in [7, 11) is 0. The number of hydrogen-bond donors (Lipinski definition) is 2. The highest BCUT2D eigenvalue weighted by molar-refractivity contribution is 5.94. The van der Waals surface area contributed by atoms with Gasteiger partial charge in [0.05, 0.1) is 17.9 Å². The lowest BCUT2D eigenvalue weighted by atomic mass is 10.1. The predicted octanol–water partition coefficient (Wildman–Crippen LogP) is 2.78. The van der Waals surface area contributed by atoms with Gasteiger partial charge in [-0.2, -0.15) is 0 Å². The molecule has 110 valence electrons. The van der Waals surface area contributed by atoms with Crippen LogP contribution in [0.15, 0.2) is 36.5 Å². The first-order chi connectivity index (χ1) is 9.95. The molecule has 2 rings (SSSR count). The zero-order chi connectivity index (χ0) is 15.4. The van der Waals surface area contributed by atoms with E-state index in [4.69, 9.17) is 10.5 Å². The van der Waals surface area contributed by atoms with Gasteiger partial charge >= 0.3 is 0 Å². The fourth-order valence-electron chi connectivity index (χ4n) is 1.67. The largest absolute Gasteiger partial charge is 0.439 e. The van der Waals surface area contributed by atoms with Crippen LogP contribution in [0.4, 0.5) is 5.69 Å². The second kappa shape index (κ2) is 6.37. The number of benzene rings is 1. The minimum Gasteiger partial charge on any atom is -0.439 e. The third-order valence-electron chi connectivity index (χ3n) is 3.12. The Hall–Kier alpha value is -2.40. The average Bonchev–Trinajstić information content (AvgIpc) is 2.45. The van der Waals surface area contributed by atoms with Gasteiger partial charge in [0, 0.05) is 6.07 Å². The zero-order valence-corrected chi connectivity index (χ0v) is 12.4. The van der Waals surface area contributed by atoms with E-state index in [0.717, 1.165) is 11.3 Å². The van der Waals surface area contributed by atoms with E-state index in [1.54, 1.807) is 19.1 Å². The van der Waals surface area contributed by atoms with Gasteiger partial charge < -0.3 is 15.8 Å². The number of hydrogen-bond acceptors (Lipinski definition) is 4. The molecule has 5 nitrogen and oxygen atoms in total. The number of aryl methyl sites for hydroxylation is 2. The molecule has 1 aromatic carbocycles. The van der Waals surface area contributed by atoms with E-state index in [2.05, 4.69) is 10.3 Å². The third-order valence-corrected chi connectivity index (χ3v) is 3.12. The molecule has 0 aliphatic rings. The smallest absolute Gasteiger partial charge is 0.241 e. The summed E-state index contributed by atoms with van der Waals surface area (Å²) >= 11 is 0. The SMILES string of the molecule is Cc1ccc(Oc2ccc(NC(=O)C(C)N)cn2)cc1C. The van der Waals surface area contributed by atoms with Crippen LogP contribution < -0.4 is 15.8 Å². The van der Waals surface area contributed by atoms with Crippen LogP contribution in [0.25, 0.3) is 0 Å². The van der Waals surface area contributed by atoms with Crippen LogP contribution >= 0.6 is 0 Å². The lowest BCUT2D eigenvalue weighted by Crippen LogP contribution is -2.32. The fourth-order valence-corrected chi connectivity index (χ4v) is 1.67. The maximum Gasteiger partial charge on any atom is 0.241 e. The van der Waals surface area contributed by atoms with Crippen LogP contribution in [0.3, 0.4) is 0 Å². The monoisotopic (exact) mass is 285 g/mol. The predicted molar refractivity (Wildman–Crippen MR) is 82.5 cm³/mol. The minimum absolute atomic E-state index is 0.250. The van der Waals surface area contributed by atoms with Crippen LogP contribution in [0, 0.1) is 13.8 Å². The number of amides is 1. The summed E-state index contributed by atoms with van der Waals surface area (Å²) in [6.07, 6.45) is 1.54. The van der Waals surface area contributed by atoms with Crippen molar-refractivity contribution in [3.8, 4) is 11.6 Å². The van der Waals surface area contributed by atoms with Crippen LogP contribution in [-0.2, 0) is 4.79 Å². The topological polar surface area (TPSA) is 77.2 Å². The number of aromatic nitrogens is 1. The molecule has 0 spiro atoms.